The maximum absolute atomic E-state index is 11.3. The van der Waals surface area contributed by atoms with E-state index in [-0.39, 0.29) is 17.9 Å². The molecule has 0 aliphatic rings. The summed E-state index contributed by atoms with van der Waals surface area (Å²) in [5.74, 6) is -0.379. The smallest absolute Gasteiger partial charge is 0.242 e. The fourth-order valence-electron chi connectivity index (χ4n) is 0.752. The van der Waals surface area contributed by atoms with Crippen molar-refractivity contribution in [3.63, 3.8) is 0 Å². The molecule has 3 N–H and O–H groups in total. The van der Waals surface area contributed by atoms with Gasteiger partial charge in [-0.05, 0) is 20.9 Å². The van der Waals surface area contributed by atoms with Crippen molar-refractivity contribution >= 4 is 11.8 Å². The number of hydrogen-bond donors (Lipinski definition) is 3. The average Bonchev–Trinajstić information content (AvgIpc) is 2.14. The number of carbonyl (C=O) groups is 2. The topological polar surface area (TPSA) is 70.2 Å². The maximum atomic E-state index is 11.3. The molecule has 0 spiro atoms. The molecule has 13 heavy (non-hydrogen) atoms. The molecule has 0 aliphatic carbocycles. The number of amides is 2. The minimum atomic E-state index is -0.492. The number of rotatable bonds is 4. The van der Waals surface area contributed by atoms with Crippen molar-refractivity contribution in [1.29, 1.82) is 0 Å². The van der Waals surface area contributed by atoms with Gasteiger partial charge < -0.3 is 16.0 Å². The highest BCUT2D eigenvalue weighted by atomic mass is 16.2. The van der Waals surface area contributed by atoms with E-state index < -0.39 is 6.04 Å². The first-order valence-corrected chi connectivity index (χ1v) is 4.22. The molecule has 0 saturated carbocycles. The molecule has 0 aromatic heterocycles. The number of likely N-dealkylation sites (N-methyl/N-ethyl adjacent to an activating group) is 2. The van der Waals surface area contributed by atoms with Gasteiger partial charge in [0.1, 0.15) is 6.04 Å². The van der Waals surface area contributed by atoms with Gasteiger partial charge in [-0.25, -0.2) is 0 Å². The van der Waals surface area contributed by atoms with Crippen molar-refractivity contribution < 1.29 is 9.59 Å². The van der Waals surface area contributed by atoms with E-state index in [4.69, 9.17) is 0 Å². The Morgan fingerprint density at radius 3 is 1.92 bits per heavy atom. The van der Waals surface area contributed by atoms with E-state index in [2.05, 4.69) is 16.0 Å². The van der Waals surface area contributed by atoms with Crippen molar-refractivity contribution in [1.82, 2.24) is 16.0 Å². The lowest BCUT2D eigenvalue weighted by Crippen LogP contribution is -2.49. The minimum Gasteiger partial charge on any atom is -0.357 e. The van der Waals surface area contributed by atoms with Gasteiger partial charge >= 0.3 is 0 Å². The molecule has 0 heterocycles. The molecule has 0 fully saturated rings. The highest BCUT2D eigenvalue weighted by Gasteiger charge is 2.16. The maximum Gasteiger partial charge on any atom is 0.242 e. The predicted octanol–water partition coefficient (Wildman–Crippen LogP) is -1.15. The summed E-state index contributed by atoms with van der Waals surface area (Å²) >= 11 is 0. The normalized spacial score (nSPS) is 14.5. The molecule has 2 amide bonds. The van der Waals surface area contributed by atoms with Crippen molar-refractivity contribution in [3.05, 3.63) is 0 Å². The Bertz CT molecular complexity index is 194. The summed E-state index contributed by atoms with van der Waals surface area (Å²) < 4.78 is 0. The van der Waals surface area contributed by atoms with Crippen LogP contribution in [0.2, 0.25) is 0 Å². The number of nitrogens with one attached hydrogen (secondary N) is 3. The first kappa shape index (κ1) is 11.9. The predicted molar refractivity (Wildman–Crippen MR) is 50.2 cm³/mol. The van der Waals surface area contributed by atoms with Crippen LogP contribution >= 0.6 is 0 Å². The standard InChI is InChI=1S/C8H17N3O2/c1-5(9-3)8(13)11-6(2)7(12)10-4/h5-6,9H,1-4H3,(H,10,12)(H,11,13). The van der Waals surface area contributed by atoms with E-state index in [0.717, 1.165) is 0 Å². The summed E-state index contributed by atoms with van der Waals surface area (Å²) in [6, 6.07) is -0.777. The molecule has 2 unspecified atom stereocenters. The Balaban J connectivity index is 3.98. The molecule has 2 atom stereocenters. The summed E-state index contributed by atoms with van der Waals surface area (Å²) in [5.41, 5.74) is 0. The molecule has 0 aromatic carbocycles. The van der Waals surface area contributed by atoms with Crippen molar-refractivity contribution in [2.24, 2.45) is 0 Å². The van der Waals surface area contributed by atoms with Gasteiger partial charge in [-0.2, -0.15) is 0 Å². The van der Waals surface area contributed by atoms with Gasteiger partial charge in [-0.3, -0.25) is 9.59 Å². The molecule has 0 rings (SSSR count). The first-order valence-electron chi connectivity index (χ1n) is 4.22. The zero-order valence-electron chi connectivity index (χ0n) is 8.47. The van der Waals surface area contributed by atoms with Gasteiger partial charge in [-0.15, -0.1) is 0 Å². The fraction of sp³-hybridized carbons (Fsp3) is 0.750. The van der Waals surface area contributed by atoms with Crippen LogP contribution in [0, 0.1) is 0 Å². The summed E-state index contributed by atoms with van der Waals surface area (Å²) in [6.45, 7) is 3.37. The summed E-state index contributed by atoms with van der Waals surface area (Å²) in [6.07, 6.45) is 0. The lowest BCUT2D eigenvalue weighted by molar-refractivity contribution is -0.129. The van der Waals surface area contributed by atoms with Crippen molar-refractivity contribution in [3.8, 4) is 0 Å². The Hall–Kier alpha value is -1.10. The quantitative estimate of drug-likeness (QED) is 0.520. The van der Waals surface area contributed by atoms with Gasteiger partial charge in [0.15, 0.2) is 0 Å². The zero-order valence-corrected chi connectivity index (χ0v) is 8.47. The van der Waals surface area contributed by atoms with E-state index >= 15 is 0 Å². The fourth-order valence-corrected chi connectivity index (χ4v) is 0.752. The first-order chi connectivity index (χ1) is 6.02. The number of carbonyl (C=O) groups excluding carboxylic acids is 2. The SMILES string of the molecule is CNC(=O)C(C)NC(=O)C(C)NC. The Kier molecular flexibility index (Phi) is 5.06. The molecular weight excluding hydrogens is 170 g/mol. The zero-order chi connectivity index (χ0) is 10.4. The van der Waals surface area contributed by atoms with E-state index in [1.807, 2.05) is 0 Å². The Morgan fingerprint density at radius 1 is 1.00 bits per heavy atom. The van der Waals surface area contributed by atoms with E-state index in [1.54, 1.807) is 20.9 Å². The summed E-state index contributed by atoms with van der Waals surface area (Å²) in [5, 5.41) is 7.80. The molecule has 0 radical (unpaired) electrons. The van der Waals surface area contributed by atoms with Gasteiger partial charge in [0, 0.05) is 7.05 Å². The van der Waals surface area contributed by atoms with Crippen molar-refractivity contribution in [2.75, 3.05) is 14.1 Å². The Labute approximate surface area is 78.3 Å². The van der Waals surface area contributed by atoms with Crippen LogP contribution in [-0.2, 0) is 9.59 Å². The molecule has 0 aromatic rings. The Morgan fingerprint density at radius 2 is 1.54 bits per heavy atom. The second kappa shape index (κ2) is 5.53. The lowest BCUT2D eigenvalue weighted by Gasteiger charge is -2.15. The summed E-state index contributed by atoms with van der Waals surface area (Å²) in [7, 11) is 3.22. The van der Waals surface area contributed by atoms with Crippen LogP contribution in [0.1, 0.15) is 13.8 Å². The van der Waals surface area contributed by atoms with Crippen LogP contribution < -0.4 is 16.0 Å². The average molecular weight is 187 g/mol. The minimum absolute atomic E-state index is 0.182. The van der Waals surface area contributed by atoms with E-state index in [1.165, 1.54) is 7.05 Å². The van der Waals surface area contributed by atoms with Crippen LogP contribution in [0.5, 0.6) is 0 Å². The molecule has 0 bridgehead atoms. The molecule has 0 saturated heterocycles. The van der Waals surface area contributed by atoms with E-state index in [0.29, 0.717) is 0 Å². The van der Waals surface area contributed by atoms with E-state index in [9.17, 15) is 9.59 Å². The highest BCUT2D eigenvalue weighted by Crippen LogP contribution is 1.85. The largest absolute Gasteiger partial charge is 0.357 e. The third-order valence-corrected chi connectivity index (χ3v) is 1.82. The van der Waals surface area contributed by atoms with Crippen LogP contribution in [0.3, 0.4) is 0 Å². The summed E-state index contributed by atoms with van der Waals surface area (Å²) in [4.78, 5) is 22.3. The molecule has 5 nitrogen and oxygen atoms in total. The van der Waals surface area contributed by atoms with Crippen LogP contribution in [0.4, 0.5) is 0 Å². The van der Waals surface area contributed by atoms with Gasteiger partial charge in [0.2, 0.25) is 11.8 Å². The molecule has 0 aliphatic heterocycles. The lowest BCUT2D eigenvalue weighted by atomic mass is 10.2. The molecule has 76 valence electrons. The van der Waals surface area contributed by atoms with Crippen LogP contribution in [-0.4, -0.2) is 38.0 Å². The van der Waals surface area contributed by atoms with Crippen LogP contribution in [0.15, 0.2) is 0 Å². The molecule has 5 heteroatoms. The number of hydrogen-bond acceptors (Lipinski definition) is 3. The van der Waals surface area contributed by atoms with Crippen LogP contribution in [0.25, 0.3) is 0 Å². The second-order valence-corrected chi connectivity index (χ2v) is 2.85. The van der Waals surface area contributed by atoms with Gasteiger partial charge in [0.05, 0.1) is 6.04 Å². The third kappa shape index (κ3) is 3.89. The monoisotopic (exact) mass is 187 g/mol. The second-order valence-electron chi connectivity index (χ2n) is 2.85. The highest BCUT2D eigenvalue weighted by molar-refractivity contribution is 5.89. The third-order valence-electron chi connectivity index (χ3n) is 1.82. The van der Waals surface area contributed by atoms with Gasteiger partial charge in [-0.1, -0.05) is 0 Å². The van der Waals surface area contributed by atoms with Gasteiger partial charge in [0.25, 0.3) is 0 Å². The van der Waals surface area contributed by atoms with Crippen molar-refractivity contribution in [2.45, 2.75) is 25.9 Å². The molecular formula is C8H17N3O2.